The molecule has 1 heterocycles. The molecular weight excluding hydrogens is 340 g/mol. The summed E-state index contributed by atoms with van der Waals surface area (Å²) in [5.41, 5.74) is 2.08. The molecule has 3 rings (SSSR count). The SMILES string of the molecule is CC(C)NS(=O)(=O)c1cc(C(=O)O)cc(-c2ccc3cc[nH]c3c2)c1. The third kappa shape index (κ3) is 3.57. The second kappa shape index (κ2) is 6.34. The molecule has 0 radical (unpaired) electrons. The van der Waals surface area contributed by atoms with Gasteiger partial charge in [-0.25, -0.2) is 17.9 Å². The molecule has 0 atom stereocenters. The Labute approximate surface area is 145 Å². The molecule has 0 saturated heterocycles. The van der Waals surface area contributed by atoms with E-state index in [9.17, 15) is 18.3 Å². The number of sulfonamides is 1. The van der Waals surface area contributed by atoms with E-state index in [-0.39, 0.29) is 16.5 Å². The number of aromatic amines is 1. The topological polar surface area (TPSA) is 99.3 Å². The van der Waals surface area contributed by atoms with Crippen LogP contribution in [0.15, 0.2) is 53.6 Å². The number of carbonyl (C=O) groups is 1. The number of H-pyrrole nitrogens is 1. The number of aromatic carboxylic acids is 1. The van der Waals surface area contributed by atoms with Crippen LogP contribution in [0.4, 0.5) is 0 Å². The molecule has 0 fully saturated rings. The van der Waals surface area contributed by atoms with E-state index in [2.05, 4.69) is 9.71 Å². The van der Waals surface area contributed by atoms with Gasteiger partial charge in [0.1, 0.15) is 0 Å². The van der Waals surface area contributed by atoms with Gasteiger partial charge in [-0.3, -0.25) is 0 Å². The van der Waals surface area contributed by atoms with Crippen molar-refractivity contribution in [2.45, 2.75) is 24.8 Å². The smallest absolute Gasteiger partial charge is 0.335 e. The Kier molecular flexibility index (Phi) is 4.36. The van der Waals surface area contributed by atoms with Crippen molar-refractivity contribution in [3.05, 3.63) is 54.2 Å². The molecule has 7 heteroatoms. The molecule has 25 heavy (non-hydrogen) atoms. The van der Waals surface area contributed by atoms with Gasteiger partial charge in [0.05, 0.1) is 10.5 Å². The van der Waals surface area contributed by atoms with Gasteiger partial charge in [0, 0.05) is 17.8 Å². The molecule has 0 spiro atoms. The molecule has 0 aliphatic rings. The number of rotatable bonds is 5. The Bertz CT molecular complexity index is 1050. The fourth-order valence-electron chi connectivity index (χ4n) is 2.65. The minimum atomic E-state index is -3.80. The lowest BCUT2D eigenvalue weighted by molar-refractivity contribution is 0.0696. The molecule has 3 N–H and O–H groups in total. The highest BCUT2D eigenvalue weighted by Gasteiger charge is 2.19. The summed E-state index contributed by atoms with van der Waals surface area (Å²) in [6, 6.07) is 11.4. The van der Waals surface area contributed by atoms with Crippen LogP contribution >= 0.6 is 0 Å². The van der Waals surface area contributed by atoms with Gasteiger partial charge < -0.3 is 10.1 Å². The summed E-state index contributed by atoms with van der Waals surface area (Å²) in [7, 11) is -3.80. The number of hydrogen-bond donors (Lipinski definition) is 3. The second-order valence-electron chi connectivity index (χ2n) is 6.11. The summed E-state index contributed by atoms with van der Waals surface area (Å²) in [5.74, 6) is -1.18. The van der Waals surface area contributed by atoms with Gasteiger partial charge in [0.25, 0.3) is 0 Å². The summed E-state index contributed by atoms with van der Waals surface area (Å²) < 4.78 is 27.4. The fraction of sp³-hybridized carbons (Fsp3) is 0.167. The number of hydrogen-bond acceptors (Lipinski definition) is 3. The lowest BCUT2D eigenvalue weighted by atomic mass is 10.0. The number of aromatic nitrogens is 1. The zero-order valence-corrected chi connectivity index (χ0v) is 14.6. The fourth-order valence-corrected chi connectivity index (χ4v) is 3.97. The summed E-state index contributed by atoms with van der Waals surface area (Å²) in [6.45, 7) is 3.41. The number of carboxylic acids is 1. The van der Waals surface area contributed by atoms with Crippen LogP contribution in [-0.2, 0) is 10.0 Å². The summed E-state index contributed by atoms with van der Waals surface area (Å²) in [5, 5.41) is 10.4. The highest BCUT2D eigenvalue weighted by atomic mass is 32.2. The largest absolute Gasteiger partial charge is 0.478 e. The van der Waals surface area contributed by atoms with Crippen LogP contribution in [0.3, 0.4) is 0 Å². The number of carboxylic acid groups (broad SMARTS) is 1. The van der Waals surface area contributed by atoms with E-state index in [1.165, 1.54) is 18.2 Å². The van der Waals surface area contributed by atoms with Gasteiger partial charge in [-0.05, 0) is 60.7 Å². The molecule has 130 valence electrons. The highest BCUT2D eigenvalue weighted by Crippen LogP contribution is 2.27. The quantitative estimate of drug-likeness (QED) is 0.652. The Hall–Kier alpha value is -2.64. The van der Waals surface area contributed by atoms with Crippen LogP contribution in [0.25, 0.3) is 22.0 Å². The maximum Gasteiger partial charge on any atom is 0.335 e. The number of fused-ring (bicyclic) bond motifs is 1. The van der Waals surface area contributed by atoms with E-state index in [4.69, 9.17) is 0 Å². The average Bonchev–Trinajstić information content (AvgIpc) is 3.00. The molecule has 0 saturated carbocycles. The summed E-state index contributed by atoms with van der Waals surface area (Å²) in [4.78, 5) is 14.5. The molecule has 1 aromatic heterocycles. The number of benzene rings is 2. The zero-order valence-electron chi connectivity index (χ0n) is 13.8. The predicted octanol–water partition coefficient (Wildman–Crippen LogP) is 3.22. The maximum absolute atomic E-state index is 12.5. The second-order valence-corrected chi connectivity index (χ2v) is 7.82. The van der Waals surface area contributed by atoms with Crippen LogP contribution in [0.5, 0.6) is 0 Å². The first kappa shape index (κ1) is 17.2. The van der Waals surface area contributed by atoms with Crippen molar-refractivity contribution in [1.82, 2.24) is 9.71 Å². The van der Waals surface area contributed by atoms with Crippen LogP contribution in [0, 0.1) is 0 Å². The predicted molar refractivity (Wildman–Crippen MR) is 96.2 cm³/mol. The number of nitrogens with one attached hydrogen (secondary N) is 2. The lowest BCUT2D eigenvalue weighted by Crippen LogP contribution is -2.30. The summed E-state index contributed by atoms with van der Waals surface area (Å²) >= 11 is 0. The standard InChI is InChI=1S/C18H18N2O4S/c1-11(2)20-25(23,24)16-8-14(7-15(9-16)18(21)22)13-4-3-12-5-6-19-17(12)10-13/h3-11,19-20H,1-2H3,(H,21,22). The molecule has 0 unspecified atom stereocenters. The van der Waals surface area contributed by atoms with Crippen molar-refractivity contribution in [1.29, 1.82) is 0 Å². The van der Waals surface area contributed by atoms with E-state index < -0.39 is 16.0 Å². The lowest BCUT2D eigenvalue weighted by Gasteiger charge is -2.12. The monoisotopic (exact) mass is 358 g/mol. The Morgan fingerprint density at radius 2 is 1.84 bits per heavy atom. The highest BCUT2D eigenvalue weighted by molar-refractivity contribution is 7.89. The minimum absolute atomic E-state index is 0.0670. The first-order chi connectivity index (χ1) is 11.8. The van der Waals surface area contributed by atoms with Gasteiger partial charge in [-0.2, -0.15) is 0 Å². The van der Waals surface area contributed by atoms with Crippen molar-refractivity contribution in [3.63, 3.8) is 0 Å². The first-order valence-electron chi connectivity index (χ1n) is 7.74. The van der Waals surface area contributed by atoms with Gasteiger partial charge in [0.2, 0.25) is 10.0 Å². The van der Waals surface area contributed by atoms with E-state index >= 15 is 0 Å². The van der Waals surface area contributed by atoms with E-state index in [0.29, 0.717) is 5.56 Å². The average molecular weight is 358 g/mol. The third-order valence-corrected chi connectivity index (χ3v) is 5.38. The van der Waals surface area contributed by atoms with Crippen molar-refractivity contribution >= 4 is 26.9 Å². The van der Waals surface area contributed by atoms with E-state index in [1.54, 1.807) is 13.8 Å². The Balaban J connectivity index is 2.17. The van der Waals surface area contributed by atoms with Gasteiger partial charge >= 0.3 is 5.97 Å². The van der Waals surface area contributed by atoms with E-state index in [0.717, 1.165) is 16.5 Å². The van der Waals surface area contributed by atoms with Crippen LogP contribution < -0.4 is 4.72 Å². The van der Waals surface area contributed by atoms with Crippen molar-refractivity contribution in [3.8, 4) is 11.1 Å². The molecule has 6 nitrogen and oxygen atoms in total. The molecule has 0 bridgehead atoms. The van der Waals surface area contributed by atoms with Crippen molar-refractivity contribution in [2.24, 2.45) is 0 Å². The van der Waals surface area contributed by atoms with Crippen molar-refractivity contribution < 1.29 is 18.3 Å². The molecule has 0 aliphatic heterocycles. The molecular formula is C18H18N2O4S. The van der Waals surface area contributed by atoms with Crippen LogP contribution in [0.2, 0.25) is 0 Å². The first-order valence-corrected chi connectivity index (χ1v) is 9.23. The van der Waals surface area contributed by atoms with E-state index in [1.807, 2.05) is 30.5 Å². The van der Waals surface area contributed by atoms with Crippen LogP contribution in [-0.4, -0.2) is 30.5 Å². The third-order valence-electron chi connectivity index (χ3n) is 3.74. The minimum Gasteiger partial charge on any atom is -0.478 e. The van der Waals surface area contributed by atoms with Gasteiger partial charge in [0.15, 0.2) is 0 Å². The Morgan fingerprint density at radius 3 is 2.52 bits per heavy atom. The normalized spacial score (nSPS) is 12.0. The maximum atomic E-state index is 12.5. The molecule has 0 amide bonds. The van der Waals surface area contributed by atoms with Gasteiger partial charge in [-0.15, -0.1) is 0 Å². The molecule has 3 aromatic rings. The molecule has 2 aromatic carbocycles. The zero-order chi connectivity index (χ0) is 18.2. The summed E-state index contributed by atoms with van der Waals surface area (Å²) in [6.07, 6.45) is 1.81. The van der Waals surface area contributed by atoms with Crippen molar-refractivity contribution in [2.75, 3.05) is 0 Å². The Morgan fingerprint density at radius 1 is 1.08 bits per heavy atom. The molecule has 0 aliphatic carbocycles. The van der Waals surface area contributed by atoms with Crippen LogP contribution in [0.1, 0.15) is 24.2 Å². The van der Waals surface area contributed by atoms with Gasteiger partial charge in [-0.1, -0.05) is 12.1 Å².